The summed E-state index contributed by atoms with van der Waals surface area (Å²) in [5.74, 6) is 0.325. The highest BCUT2D eigenvalue weighted by Gasteiger charge is 2.30. The molecule has 0 aliphatic carbocycles. The van der Waals surface area contributed by atoms with E-state index >= 15 is 0 Å². The summed E-state index contributed by atoms with van der Waals surface area (Å²) in [7, 11) is 0. The van der Waals surface area contributed by atoms with E-state index < -0.39 is 0 Å². The molecule has 1 aliphatic rings. The average molecular weight is 413 g/mol. The summed E-state index contributed by atoms with van der Waals surface area (Å²) < 4.78 is 10.9. The lowest BCUT2D eigenvalue weighted by Crippen LogP contribution is -2.46. The van der Waals surface area contributed by atoms with Gasteiger partial charge in [-0.25, -0.2) is 4.79 Å². The lowest BCUT2D eigenvalue weighted by molar-refractivity contribution is 0.0539. The normalized spacial score (nSPS) is 17.4. The number of piperidine rings is 1. The van der Waals surface area contributed by atoms with E-state index in [1.165, 1.54) is 6.26 Å². The van der Waals surface area contributed by atoms with Gasteiger partial charge >= 0.3 is 6.09 Å². The Balaban J connectivity index is 1.72. The van der Waals surface area contributed by atoms with Crippen LogP contribution < -0.4 is 4.90 Å². The van der Waals surface area contributed by atoms with E-state index in [1.54, 1.807) is 21.9 Å². The van der Waals surface area contributed by atoms with Crippen molar-refractivity contribution in [1.29, 1.82) is 0 Å². The van der Waals surface area contributed by atoms with E-state index in [9.17, 15) is 9.59 Å². The zero-order valence-corrected chi connectivity index (χ0v) is 18.2. The Morgan fingerprint density at radius 3 is 2.83 bits per heavy atom. The van der Waals surface area contributed by atoms with Gasteiger partial charge in [-0.1, -0.05) is 25.5 Å². The van der Waals surface area contributed by atoms with Gasteiger partial charge in [0.15, 0.2) is 5.76 Å². The predicted octanol–water partition coefficient (Wildman–Crippen LogP) is 5.27. The van der Waals surface area contributed by atoms with Crippen LogP contribution in [-0.4, -0.2) is 42.6 Å². The van der Waals surface area contributed by atoms with Gasteiger partial charge < -0.3 is 19.0 Å². The van der Waals surface area contributed by atoms with Crippen LogP contribution in [0.5, 0.6) is 0 Å². The first-order chi connectivity index (χ1) is 14.5. The number of hydrogen-bond donors (Lipinski definition) is 0. The molecule has 2 unspecified atom stereocenters. The van der Waals surface area contributed by atoms with E-state index in [4.69, 9.17) is 9.15 Å². The van der Waals surface area contributed by atoms with Crippen molar-refractivity contribution >= 4 is 17.7 Å². The highest BCUT2D eigenvalue weighted by Crippen LogP contribution is 2.25. The molecule has 2 atom stereocenters. The Morgan fingerprint density at radius 1 is 1.30 bits per heavy atom. The number of nitrogens with zero attached hydrogens (tertiary/aromatic N) is 2. The molecule has 3 rings (SSSR count). The Hall–Kier alpha value is -2.76. The first-order valence-electron chi connectivity index (χ1n) is 10.9. The number of carbonyl (C=O) groups is 2. The first kappa shape index (κ1) is 21.9. The molecule has 6 heteroatoms. The monoisotopic (exact) mass is 412 g/mol. The quantitative estimate of drug-likeness (QED) is 0.621. The molecule has 0 saturated carbocycles. The summed E-state index contributed by atoms with van der Waals surface area (Å²) in [6, 6.07) is 11.3. The second kappa shape index (κ2) is 10.3. The van der Waals surface area contributed by atoms with E-state index in [0.717, 1.165) is 36.9 Å². The second-order valence-corrected chi connectivity index (χ2v) is 8.17. The molecule has 0 N–H and O–H groups in total. The molecular formula is C24H32N2O4. The van der Waals surface area contributed by atoms with Gasteiger partial charge in [0, 0.05) is 25.3 Å². The molecule has 0 spiro atoms. The first-order valence-corrected chi connectivity index (χ1v) is 10.9. The number of ether oxygens (including phenoxy) is 1. The van der Waals surface area contributed by atoms with Crippen LogP contribution in [0.4, 0.5) is 10.5 Å². The van der Waals surface area contributed by atoms with Crippen LogP contribution in [-0.2, 0) is 4.74 Å². The summed E-state index contributed by atoms with van der Waals surface area (Å²) in [4.78, 5) is 29.3. The summed E-state index contributed by atoms with van der Waals surface area (Å²) in [5.41, 5.74) is 1.93. The maximum atomic E-state index is 13.2. The van der Waals surface area contributed by atoms with Crippen molar-refractivity contribution in [2.45, 2.75) is 52.6 Å². The minimum Gasteiger partial charge on any atom is -0.459 e. The van der Waals surface area contributed by atoms with Crippen LogP contribution in [0.2, 0.25) is 0 Å². The van der Waals surface area contributed by atoms with Gasteiger partial charge in [-0.15, -0.1) is 0 Å². The maximum Gasteiger partial charge on any atom is 0.410 e. The molecule has 0 bridgehead atoms. The molecule has 2 amide bonds. The third kappa shape index (κ3) is 5.65. The molecule has 30 heavy (non-hydrogen) atoms. The number of aryl methyl sites for hydroxylation is 1. The van der Waals surface area contributed by atoms with Crippen LogP contribution in [0.3, 0.4) is 0 Å². The molecule has 6 nitrogen and oxygen atoms in total. The lowest BCUT2D eigenvalue weighted by atomic mass is 9.97. The molecule has 1 aliphatic heterocycles. The molecule has 1 fully saturated rings. The fourth-order valence-electron chi connectivity index (χ4n) is 3.98. The lowest BCUT2D eigenvalue weighted by Gasteiger charge is -2.35. The largest absolute Gasteiger partial charge is 0.459 e. The smallest absolute Gasteiger partial charge is 0.410 e. The third-order valence-corrected chi connectivity index (χ3v) is 5.51. The summed E-state index contributed by atoms with van der Waals surface area (Å²) in [6.45, 7) is 7.84. The third-order valence-electron chi connectivity index (χ3n) is 5.51. The molecule has 2 aromatic rings. The number of benzene rings is 1. The van der Waals surface area contributed by atoms with Crippen LogP contribution in [0.1, 0.15) is 55.6 Å². The molecular weight excluding hydrogens is 380 g/mol. The van der Waals surface area contributed by atoms with Gasteiger partial charge in [-0.2, -0.15) is 0 Å². The van der Waals surface area contributed by atoms with Crippen molar-refractivity contribution in [1.82, 2.24) is 4.90 Å². The van der Waals surface area contributed by atoms with Gasteiger partial charge in [-0.3, -0.25) is 4.79 Å². The van der Waals surface area contributed by atoms with Crippen molar-refractivity contribution < 1.29 is 18.7 Å². The minimum absolute atomic E-state index is 0.0767. The number of amides is 2. The van der Waals surface area contributed by atoms with Crippen molar-refractivity contribution in [3.8, 4) is 0 Å². The molecule has 1 aromatic heterocycles. The molecule has 2 heterocycles. The summed E-state index contributed by atoms with van der Waals surface area (Å²) in [5, 5.41) is 0. The number of furan rings is 1. The van der Waals surface area contributed by atoms with Crippen LogP contribution in [0.25, 0.3) is 0 Å². The maximum absolute atomic E-state index is 13.2. The Bertz CT molecular complexity index is 833. The average Bonchev–Trinajstić information content (AvgIpc) is 3.27. The zero-order valence-electron chi connectivity index (χ0n) is 18.2. The number of hydrogen-bond acceptors (Lipinski definition) is 4. The summed E-state index contributed by atoms with van der Waals surface area (Å²) >= 11 is 0. The Morgan fingerprint density at radius 2 is 2.13 bits per heavy atom. The molecule has 0 radical (unpaired) electrons. The Kier molecular flexibility index (Phi) is 7.55. The van der Waals surface area contributed by atoms with Crippen LogP contribution >= 0.6 is 0 Å². The van der Waals surface area contributed by atoms with Crippen molar-refractivity contribution in [2.75, 3.05) is 24.5 Å². The molecule has 1 saturated heterocycles. The van der Waals surface area contributed by atoms with Gasteiger partial charge in [0.1, 0.15) is 6.10 Å². The highest BCUT2D eigenvalue weighted by atomic mass is 16.6. The van der Waals surface area contributed by atoms with E-state index in [1.807, 2.05) is 38.1 Å². The van der Waals surface area contributed by atoms with E-state index in [-0.39, 0.29) is 24.0 Å². The van der Waals surface area contributed by atoms with Crippen molar-refractivity contribution in [2.24, 2.45) is 5.92 Å². The number of anilines is 1. The number of likely N-dealkylation sites (tertiary alicyclic amines) is 1. The van der Waals surface area contributed by atoms with Gasteiger partial charge in [0.2, 0.25) is 0 Å². The van der Waals surface area contributed by atoms with Crippen molar-refractivity contribution in [3.63, 3.8) is 0 Å². The number of rotatable bonds is 7. The van der Waals surface area contributed by atoms with E-state index in [2.05, 4.69) is 6.92 Å². The Labute approximate surface area is 178 Å². The summed E-state index contributed by atoms with van der Waals surface area (Å²) in [6.07, 6.45) is 4.89. The highest BCUT2D eigenvalue weighted by molar-refractivity contribution is 6.04. The minimum atomic E-state index is -0.250. The molecule has 1 aromatic carbocycles. The second-order valence-electron chi connectivity index (χ2n) is 8.17. The van der Waals surface area contributed by atoms with Crippen LogP contribution in [0.15, 0.2) is 47.1 Å². The number of carbonyl (C=O) groups excluding carboxylic acids is 2. The van der Waals surface area contributed by atoms with Crippen molar-refractivity contribution in [3.05, 3.63) is 54.0 Å². The zero-order chi connectivity index (χ0) is 21.5. The molecule has 162 valence electrons. The SMILES string of the molecule is CCCC(C)OC(=O)N1CCCC(CN(C(=O)c2ccco2)c2cccc(C)c2)C1. The fraction of sp³-hybridized carbons (Fsp3) is 0.500. The van der Waals surface area contributed by atoms with E-state index in [0.29, 0.717) is 25.4 Å². The van der Waals surface area contributed by atoms with Gasteiger partial charge in [-0.05, 0) is 68.9 Å². The topological polar surface area (TPSA) is 63.0 Å². The predicted molar refractivity (Wildman–Crippen MR) is 117 cm³/mol. The van der Waals surface area contributed by atoms with Crippen LogP contribution in [0, 0.1) is 12.8 Å². The standard InChI is InChI=1S/C24H32N2O4/c1-4-8-19(3)30-24(28)25-13-6-10-20(16-25)17-26(21-11-5-9-18(2)15-21)23(27)22-12-7-14-29-22/h5,7,9,11-12,14-15,19-20H,4,6,8,10,13,16-17H2,1-3H3. The fourth-order valence-corrected chi connectivity index (χ4v) is 3.98. The van der Waals surface area contributed by atoms with Gasteiger partial charge in [0.25, 0.3) is 5.91 Å². The van der Waals surface area contributed by atoms with Gasteiger partial charge in [0.05, 0.1) is 6.26 Å².